The summed E-state index contributed by atoms with van der Waals surface area (Å²) < 4.78 is 21.3. The van der Waals surface area contributed by atoms with Gasteiger partial charge in [0.2, 0.25) is 11.8 Å². The first kappa shape index (κ1) is 29.2. The number of alkyl halides is 1. The van der Waals surface area contributed by atoms with Gasteiger partial charge in [0.1, 0.15) is 29.1 Å². The highest BCUT2D eigenvalue weighted by Crippen LogP contribution is 2.43. The molecular formula is C30H34FN5O6. The Kier molecular flexibility index (Phi) is 7.74. The third-order valence-electron chi connectivity index (χ3n) is 7.86. The summed E-state index contributed by atoms with van der Waals surface area (Å²) in [5, 5.41) is 16.1. The lowest BCUT2D eigenvalue weighted by molar-refractivity contribution is -0.143. The number of carboxylic acid groups (broad SMARTS) is 1. The van der Waals surface area contributed by atoms with Gasteiger partial charge in [0.15, 0.2) is 0 Å². The molecule has 11 nitrogen and oxygen atoms in total. The Labute approximate surface area is 242 Å². The Morgan fingerprint density at radius 3 is 2.38 bits per heavy atom. The summed E-state index contributed by atoms with van der Waals surface area (Å²) in [7, 11) is 0. The van der Waals surface area contributed by atoms with Gasteiger partial charge >= 0.3 is 12.1 Å². The number of anilines is 1. The molecule has 1 saturated carbocycles. The van der Waals surface area contributed by atoms with Gasteiger partial charge in [-0.05, 0) is 63.4 Å². The van der Waals surface area contributed by atoms with Crippen LogP contribution in [-0.4, -0.2) is 73.0 Å². The molecule has 2 aromatic heterocycles. The van der Waals surface area contributed by atoms with Crippen molar-refractivity contribution in [2.24, 2.45) is 0 Å². The van der Waals surface area contributed by atoms with Gasteiger partial charge in [-0.3, -0.25) is 9.59 Å². The summed E-state index contributed by atoms with van der Waals surface area (Å²) in [5.74, 6) is -1.79. The first-order valence-electron chi connectivity index (χ1n) is 14.1. The van der Waals surface area contributed by atoms with Gasteiger partial charge in [0.25, 0.3) is 0 Å². The van der Waals surface area contributed by atoms with Gasteiger partial charge in [-0.2, -0.15) is 9.78 Å². The lowest BCUT2D eigenvalue weighted by atomic mass is 9.68. The van der Waals surface area contributed by atoms with Crippen molar-refractivity contribution in [2.45, 2.75) is 82.5 Å². The normalized spacial score (nSPS) is 20.3. The number of nitrogens with zero attached hydrogens (tertiary/aromatic N) is 4. The van der Waals surface area contributed by atoms with Crippen LogP contribution < -0.4 is 5.32 Å². The van der Waals surface area contributed by atoms with Crippen LogP contribution in [0.15, 0.2) is 42.6 Å². The van der Waals surface area contributed by atoms with Crippen LogP contribution >= 0.6 is 0 Å². The highest BCUT2D eigenvalue weighted by atomic mass is 19.1. The molecule has 1 aliphatic heterocycles. The molecule has 2 fully saturated rings. The van der Waals surface area contributed by atoms with Crippen LogP contribution in [0.25, 0.3) is 11.0 Å². The zero-order valence-corrected chi connectivity index (χ0v) is 23.8. The highest BCUT2D eigenvalue weighted by molar-refractivity contribution is 6.00. The van der Waals surface area contributed by atoms with Gasteiger partial charge in [-0.25, -0.2) is 19.0 Å². The Balaban J connectivity index is 1.37. The molecule has 0 radical (unpaired) electrons. The van der Waals surface area contributed by atoms with Crippen LogP contribution in [0.4, 0.5) is 15.0 Å². The van der Waals surface area contributed by atoms with E-state index in [0.717, 1.165) is 23.9 Å². The number of carbonyl (C=O) groups excluding carboxylic acids is 3. The molecular weight excluding hydrogens is 545 g/mol. The number of hydrogen-bond acceptors (Lipinski definition) is 7. The first-order chi connectivity index (χ1) is 19.9. The van der Waals surface area contributed by atoms with Crippen molar-refractivity contribution in [3.8, 4) is 0 Å². The van der Waals surface area contributed by atoms with E-state index in [1.165, 1.54) is 29.3 Å². The Bertz CT molecular complexity index is 1520. The number of nitrogens with one attached hydrogen (secondary N) is 1. The predicted molar refractivity (Wildman–Crippen MR) is 151 cm³/mol. The fraction of sp³-hybridized carbons (Fsp3) is 0.467. The van der Waals surface area contributed by atoms with Gasteiger partial charge in [-0.15, -0.1) is 0 Å². The molecule has 1 aliphatic carbocycles. The third kappa shape index (κ3) is 5.70. The fourth-order valence-electron chi connectivity index (χ4n) is 5.89. The number of rotatable bonds is 5. The number of benzene rings is 1. The monoisotopic (exact) mass is 579 g/mol. The number of ether oxygens (including phenoxy) is 1. The minimum absolute atomic E-state index is 0.112. The van der Waals surface area contributed by atoms with Gasteiger partial charge in [0, 0.05) is 6.42 Å². The van der Waals surface area contributed by atoms with Gasteiger partial charge in [-0.1, -0.05) is 31.4 Å². The lowest BCUT2D eigenvalue weighted by Gasteiger charge is -2.40. The number of halogens is 1. The van der Waals surface area contributed by atoms with E-state index in [2.05, 4.69) is 15.4 Å². The molecule has 3 heterocycles. The Hall–Kier alpha value is -4.35. The molecule has 2 amide bonds. The zero-order chi connectivity index (χ0) is 30.2. The largest absolute Gasteiger partial charge is 0.478 e. The van der Waals surface area contributed by atoms with E-state index in [1.54, 1.807) is 39.0 Å². The molecule has 1 saturated heterocycles. The third-order valence-corrected chi connectivity index (χ3v) is 7.86. The molecule has 1 aromatic carbocycles. The van der Waals surface area contributed by atoms with Crippen molar-refractivity contribution in [2.75, 3.05) is 11.9 Å². The van der Waals surface area contributed by atoms with Crippen LogP contribution in [0, 0.1) is 0 Å². The lowest BCUT2D eigenvalue weighted by Crippen LogP contribution is -2.52. The second-order valence-corrected chi connectivity index (χ2v) is 12.0. The summed E-state index contributed by atoms with van der Waals surface area (Å²) in [6.07, 6.45) is 2.77. The van der Waals surface area contributed by atoms with E-state index in [4.69, 9.17) is 4.74 Å². The summed E-state index contributed by atoms with van der Waals surface area (Å²) in [6, 6.07) is 8.28. The number of fused-ring (bicyclic) bond motifs is 1. The minimum atomic E-state index is -1.37. The van der Waals surface area contributed by atoms with Crippen molar-refractivity contribution in [1.29, 1.82) is 0 Å². The van der Waals surface area contributed by atoms with Gasteiger partial charge in [0.05, 0.1) is 29.2 Å². The number of carbonyl (C=O) groups is 4. The number of pyridine rings is 1. The molecule has 42 heavy (non-hydrogen) atoms. The Morgan fingerprint density at radius 2 is 1.74 bits per heavy atom. The van der Waals surface area contributed by atoms with Crippen molar-refractivity contribution in [1.82, 2.24) is 19.7 Å². The molecule has 5 rings (SSSR count). The molecule has 0 spiro atoms. The average Bonchev–Trinajstić information content (AvgIpc) is 3.55. The summed E-state index contributed by atoms with van der Waals surface area (Å²) in [5.41, 5.74) is -0.170. The molecule has 3 aromatic rings. The van der Waals surface area contributed by atoms with Gasteiger partial charge < -0.3 is 20.1 Å². The molecule has 2 atom stereocenters. The standard InChI is InChI=1S/C30H34FN5O6/c1-29(2,3)42-28(41)36-22-11-12-24(33-21(22)16-32-36)34-25(37)23-15-20(31)17-35(23)27(40)30(13-5-4-6-14-30)19-9-7-18(8-10-19)26(38)39/h7-12,16,20,23H,4-6,13-15,17H2,1-3H3,(H,38,39)(H,33,34,37)/t20-,23-/m1/s1. The number of hydrogen-bond donors (Lipinski definition) is 2. The van der Waals surface area contributed by atoms with E-state index >= 15 is 0 Å². The van der Waals surface area contributed by atoms with E-state index < -0.39 is 41.2 Å². The quantitative estimate of drug-likeness (QED) is 0.443. The SMILES string of the molecule is CC(C)(C)OC(=O)n1ncc2nc(NC(=O)[C@H]3C[C@@H](F)CN3C(=O)C3(c4ccc(C(=O)O)cc4)CCCCC3)ccc21. The highest BCUT2D eigenvalue weighted by Gasteiger charge is 2.49. The summed E-state index contributed by atoms with van der Waals surface area (Å²) >= 11 is 0. The first-order valence-corrected chi connectivity index (χ1v) is 14.1. The molecule has 12 heteroatoms. The van der Waals surface area contributed by atoms with Crippen LogP contribution in [0.1, 0.15) is 75.2 Å². The fourth-order valence-corrected chi connectivity index (χ4v) is 5.89. The number of likely N-dealkylation sites (tertiary alicyclic amines) is 1. The van der Waals surface area contributed by atoms with E-state index in [0.29, 0.717) is 29.4 Å². The molecule has 0 unspecified atom stereocenters. The van der Waals surface area contributed by atoms with Crippen LogP contribution in [0.5, 0.6) is 0 Å². The summed E-state index contributed by atoms with van der Waals surface area (Å²) in [6.45, 7) is 5.02. The van der Waals surface area contributed by atoms with E-state index in [-0.39, 0.29) is 30.3 Å². The predicted octanol–water partition coefficient (Wildman–Crippen LogP) is 4.69. The number of aromatic carboxylic acids is 1. The van der Waals surface area contributed by atoms with E-state index in [9.17, 15) is 28.7 Å². The van der Waals surface area contributed by atoms with Crippen molar-refractivity contribution >= 4 is 40.7 Å². The van der Waals surface area contributed by atoms with Crippen LogP contribution in [-0.2, 0) is 19.7 Å². The second-order valence-electron chi connectivity index (χ2n) is 12.0. The number of amides is 2. The maximum absolute atomic E-state index is 14.8. The molecule has 2 aliphatic rings. The molecule has 222 valence electrons. The number of aromatic nitrogens is 3. The summed E-state index contributed by atoms with van der Waals surface area (Å²) in [4.78, 5) is 57.2. The smallest absolute Gasteiger partial charge is 0.435 e. The van der Waals surface area contributed by atoms with Crippen molar-refractivity contribution in [3.63, 3.8) is 0 Å². The zero-order valence-electron chi connectivity index (χ0n) is 23.8. The topological polar surface area (TPSA) is 144 Å². The minimum Gasteiger partial charge on any atom is -0.478 e. The van der Waals surface area contributed by atoms with Crippen LogP contribution in [0.2, 0.25) is 0 Å². The number of carboxylic acids is 1. The maximum atomic E-state index is 14.8. The van der Waals surface area contributed by atoms with E-state index in [1.807, 2.05) is 0 Å². The molecule has 2 N–H and O–H groups in total. The second kappa shape index (κ2) is 11.1. The van der Waals surface area contributed by atoms with Crippen LogP contribution in [0.3, 0.4) is 0 Å². The maximum Gasteiger partial charge on any atom is 0.435 e. The van der Waals surface area contributed by atoms with Crippen molar-refractivity contribution in [3.05, 3.63) is 53.7 Å². The average molecular weight is 580 g/mol. The Morgan fingerprint density at radius 1 is 1.05 bits per heavy atom. The van der Waals surface area contributed by atoms with Crippen molar-refractivity contribution < 1.29 is 33.4 Å². The molecule has 0 bridgehead atoms.